The second-order valence-corrected chi connectivity index (χ2v) is 4.14. The van der Waals surface area contributed by atoms with E-state index in [1.165, 1.54) is 7.11 Å². The molecule has 0 aliphatic rings. The van der Waals surface area contributed by atoms with Gasteiger partial charge in [0.25, 0.3) is 0 Å². The van der Waals surface area contributed by atoms with Crippen molar-refractivity contribution in [2.75, 3.05) is 7.11 Å². The molecule has 0 aliphatic carbocycles. The number of nitrogens with two attached hydrogens (primary N) is 1. The summed E-state index contributed by atoms with van der Waals surface area (Å²) in [6.07, 6.45) is 0. The SMILES string of the molecule is COC(=O)C(C)(N)c1ccc(Cl)c(Cl)c1. The lowest BCUT2D eigenvalue weighted by molar-refractivity contribution is -0.146. The van der Waals surface area contributed by atoms with E-state index in [0.717, 1.165) is 0 Å². The summed E-state index contributed by atoms with van der Waals surface area (Å²) in [6, 6.07) is 4.79. The van der Waals surface area contributed by atoms with Crippen molar-refractivity contribution >= 4 is 29.2 Å². The van der Waals surface area contributed by atoms with Crippen LogP contribution >= 0.6 is 23.2 Å². The van der Waals surface area contributed by atoms with Crippen LogP contribution in [-0.2, 0) is 15.1 Å². The van der Waals surface area contributed by atoms with E-state index in [9.17, 15) is 4.79 Å². The molecule has 0 saturated carbocycles. The monoisotopic (exact) mass is 247 g/mol. The number of carbonyl (C=O) groups excluding carboxylic acids is 1. The predicted molar refractivity (Wildman–Crippen MR) is 60.0 cm³/mol. The van der Waals surface area contributed by atoms with Crippen LogP contribution in [0.15, 0.2) is 18.2 Å². The van der Waals surface area contributed by atoms with Gasteiger partial charge in [0.2, 0.25) is 0 Å². The number of hydrogen-bond donors (Lipinski definition) is 1. The first kappa shape index (κ1) is 12.3. The van der Waals surface area contributed by atoms with Gasteiger partial charge in [-0.1, -0.05) is 29.3 Å². The molecule has 0 heterocycles. The molecule has 1 aromatic rings. The van der Waals surface area contributed by atoms with Gasteiger partial charge >= 0.3 is 5.97 Å². The Hall–Kier alpha value is -0.770. The summed E-state index contributed by atoms with van der Waals surface area (Å²) in [7, 11) is 1.28. The van der Waals surface area contributed by atoms with E-state index < -0.39 is 11.5 Å². The van der Waals surface area contributed by atoms with Crippen LogP contribution in [0.25, 0.3) is 0 Å². The molecule has 82 valence electrons. The highest BCUT2D eigenvalue weighted by Gasteiger charge is 2.31. The summed E-state index contributed by atoms with van der Waals surface area (Å²) in [5.74, 6) is -0.527. The molecule has 0 aromatic heterocycles. The van der Waals surface area contributed by atoms with Gasteiger partial charge in [0.15, 0.2) is 0 Å². The first-order valence-corrected chi connectivity index (χ1v) is 4.98. The molecule has 0 fully saturated rings. The number of carbonyl (C=O) groups is 1. The standard InChI is InChI=1S/C10H11Cl2NO2/c1-10(13,9(14)15-2)6-3-4-7(11)8(12)5-6/h3-5H,13H2,1-2H3. The largest absolute Gasteiger partial charge is 0.467 e. The lowest BCUT2D eigenvalue weighted by atomic mass is 9.93. The number of rotatable bonds is 2. The maximum absolute atomic E-state index is 11.4. The van der Waals surface area contributed by atoms with Gasteiger partial charge in [-0.15, -0.1) is 0 Å². The van der Waals surface area contributed by atoms with Crippen LogP contribution in [0.4, 0.5) is 0 Å². The van der Waals surface area contributed by atoms with E-state index in [4.69, 9.17) is 28.9 Å². The van der Waals surface area contributed by atoms with Crippen LogP contribution in [0.1, 0.15) is 12.5 Å². The number of methoxy groups -OCH3 is 1. The van der Waals surface area contributed by atoms with Crippen molar-refractivity contribution in [1.82, 2.24) is 0 Å². The van der Waals surface area contributed by atoms with Gasteiger partial charge in [-0.05, 0) is 24.6 Å². The van der Waals surface area contributed by atoms with Gasteiger partial charge in [0.05, 0.1) is 17.2 Å². The van der Waals surface area contributed by atoms with Crippen LogP contribution in [0.3, 0.4) is 0 Å². The summed E-state index contributed by atoms with van der Waals surface area (Å²) in [5, 5.41) is 0.774. The molecule has 1 aromatic carbocycles. The van der Waals surface area contributed by atoms with Crippen LogP contribution in [0.5, 0.6) is 0 Å². The third-order valence-electron chi connectivity index (χ3n) is 2.13. The van der Waals surface area contributed by atoms with E-state index in [-0.39, 0.29) is 0 Å². The van der Waals surface area contributed by atoms with E-state index in [1.54, 1.807) is 25.1 Å². The Kier molecular flexibility index (Phi) is 3.60. The second-order valence-electron chi connectivity index (χ2n) is 3.32. The molecule has 15 heavy (non-hydrogen) atoms. The van der Waals surface area contributed by atoms with Crippen molar-refractivity contribution in [3.63, 3.8) is 0 Å². The molecule has 0 spiro atoms. The number of benzene rings is 1. The lowest BCUT2D eigenvalue weighted by Gasteiger charge is -2.22. The topological polar surface area (TPSA) is 52.3 Å². The molecular weight excluding hydrogens is 237 g/mol. The second kappa shape index (κ2) is 4.39. The Bertz CT molecular complexity index is 391. The van der Waals surface area contributed by atoms with Crippen molar-refractivity contribution in [2.45, 2.75) is 12.5 Å². The van der Waals surface area contributed by atoms with E-state index >= 15 is 0 Å². The minimum absolute atomic E-state index is 0.356. The van der Waals surface area contributed by atoms with Crippen molar-refractivity contribution in [2.24, 2.45) is 5.73 Å². The lowest BCUT2D eigenvalue weighted by Crippen LogP contribution is -2.42. The molecule has 0 bridgehead atoms. The summed E-state index contributed by atoms with van der Waals surface area (Å²) in [6.45, 7) is 1.55. The molecule has 1 rings (SSSR count). The van der Waals surface area contributed by atoms with Gasteiger partial charge in [0, 0.05) is 0 Å². The number of halogens is 2. The maximum Gasteiger partial charge on any atom is 0.330 e. The quantitative estimate of drug-likeness (QED) is 0.817. The first-order chi connectivity index (χ1) is 6.89. The average Bonchev–Trinajstić information content (AvgIpc) is 2.20. The van der Waals surface area contributed by atoms with Crippen molar-refractivity contribution in [3.05, 3.63) is 33.8 Å². The molecule has 0 aliphatic heterocycles. The summed E-state index contributed by atoms with van der Waals surface area (Å²) in [4.78, 5) is 11.4. The summed E-state index contributed by atoms with van der Waals surface area (Å²) in [5.41, 5.74) is 5.17. The Morgan fingerprint density at radius 2 is 2.00 bits per heavy atom. The van der Waals surface area contributed by atoms with Crippen molar-refractivity contribution in [3.8, 4) is 0 Å². The van der Waals surface area contributed by atoms with E-state index in [1.807, 2.05) is 0 Å². The third-order valence-corrected chi connectivity index (χ3v) is 2.87. The summed E-state index contributed by atoms with van der Waals surface area (Å²) >= 11 is 11.6. The van der Waals surface area contributed by atoms with Crippen molar-refractivity contribution < 1.29 is 9.53 Å². The molecule has 0 radical (unpaired) electrons. The smallest absolute Gasteiger partial charge is 0.330 e. The van der Waals surface area contributed by atoms with Crippen molar-refractivity contribution in [1.29, 1.82) is 0 Å². The third kappa shape index (κ3) is 2.43. The zero-order chi connectivity index (χ0) is 11.6. The average molecular weight is 248 g/mol. The van der Waals surface area contributed by atoms with Gasteiger partial charge < -0.3 is 10.5 Å². The molecule has 1 atom stereocenters. The minimum Gasteiger partial charge on any atom is -0.467 e. The van der Waals surface area contributed by atoms with Gasteiger partial charge in [-0.25, -0.2) is 4.79 Å². The van der Waals surface area contributed by atoms with Crippen LogP contribution < -0.4 is 5.73 Å². The zero-order valence-corrected chi connectivity index (χ0v) is 9.89. The minimum atomic E-state index is -1.22. The Labute approximate surface area is 98.1 Å². The zero-order valence-electron chi connectivity index (χ0n) is 8.38. The number of hydrogen-bond acceptors (Lipinski definition) is 3. The highest BCUT2D eigenvalue weighted by Crippen LogP contribution is 2.27. The summed E-state index contributed by atoms with van der Waals surface area (Å²) < 4.78 is 4.60. The van der Waals surface area contributed by atoms with Crippen LogP contribution in [0, 0.1) is 0 Å². The molecule has 2 N–H and O–H groups in total. The molecule has 0 amide bonds. The highest BCUT2D eigenvalue weighted by atomic mass is 35.5. The van der Waals surface area contributed by atoms with E-state index in [0.29, 0.717) is 15.6 Å². The molecular formula is C10H11Cl2NO2. The molecule has 1 unspecified atom stereocenters. The van der Waals surface area contributed by atoms with Crippen LogP contribution in [-0.4, -0.2) is 13.1 Å². The molecule has 3 nitrogen and oxygen atoms in total. The Balaban J connectivity index is 3.16. The predicted octanol–water partition coefficient (Wildman–Crippen LogP) is 2.34. The van der Waals surface area contributed by atoms with Crippen LogP contribution in [0.2, 0.25) is 10.0 Å². The fourth-order valence-corrected chi connectivity index (χ4v) is 1.45. The van der Waals surface area contributed by atoms with Gasteiger partial charge in [-0.2, -0.15) is 0 Å². The Morgan fingerprint density at radius 1 is 1.40 bits per heavy atom. The molecule has 0 saturated heterocycles. The fraction of sp³-hybridized carbons (Fsp3) is 0.300. The van der Waals surface area contributed by atoms with E-state index in [2.05, 4.69) is 4.74 Å². The molecule has 5 heteroatoms. The van der Waals surface area contributed by atoms with Gasteiger partial charge in [0.1, 0.15) is 5.54 Å². The Morgan fingerprint density at radius 3 is 2.47 bits per heavy atom. The van der Waals surface area contributed by atoms with Gasteiger partial charge in [-0.3, -0.25) is 0 Å². The first-order valence-electron chi connectivity index (χ1n) is 4.22. The highest BCUT2D eigenvalue weighted by molar-refractivity contribution is 6.42. The maximum atomic E-state index is 11.4. The number of esters is 1. The normalized spacial score (nSPS) is 14.5. The number of ether oxygens (including phenoxy) is 1. The fourth-order valence-electron chi connectivity index (χ4n) is 1.15.